The number of para-hydroxylation sites is 1. The molecule has 122 valence electrons. The Morgan fingerprint density at radius 2 is 1.96 bits per heavy atom. The average molecular weight is 337 g/mol. The number of hydrogen-bond acceptors (Lipinski definition) is 3. The molecule has 3 nitrogen and oxygen atoms in total. The number of halogens is 2. The molecule has 0 spiro atoms. The summed E-state index contributed by atoms with van der Waals surface area (Å²) in [4.78, 5) is 12.6. The van der Waals surface area contributed by atoms with E-state index in [-0.39, 0.29) is 5.91 Å². The fourth-order valence-corrected chi connectivity index (χ4v) is 2.90. The van der Waals surface area contributed by atoms with Gasteiger partial charge in [-0.15, -0.1) is 11.8 Å². The minimum atomic E-state index is -0.920. The molecular formula is C17H17F2NO2S. The maximum absolute atomic E-state index is 13.2. The Morgan fingerprint density at radius 1 is 1.22 bits per heavy atom. The van der Waals surface area contributed by atoms with Crippen molar-refractivity contribution in [1.82, 2.24) is 5.32 Å². The van der Waals surface area contributed by atoms with Crippen molar-refractivity contribution < 1.29 is 18.3 Å². The topological polar surface area (TPSA) is 38.3 Å². The number of methoxy groups -OCH3 is 1. The van der Waals surface area contributed by atoms with E-state index in [9.17, 15) is 13.6 Å². The quantitative estimate of drug-likeness (QED) is 0.816. The van der Waals surface area contributed by atoms with Crippen molar-refractivity contribution in [1.29, 1.82) is 0 Å². The van der Waals surface area contributed by atoms with E-state index in [1.807, 2.05) is 24.3 Å². The summed E-state index contributed by atoms with van der Waals surface area (Å²) >= 11 is 1.17. The van der Waals surface area contributed by atoms with Crippen LogP contribution in [0.15, 0.2) is 47.4 Å². The van der Waals surface area contributed by atoms with Crippen LogP contribution in [0.25, 0.3) is 0 Å². The molecule has 1 amide bonds. The SMILES string of the molecule is COc1ccccc1CNC(=O)C(C)Sc1ccc(F)c(F)c1. The zero-order chi connectivity index (χ0) is 16.8. The highest BCUT2D eigenvalue weighted by atomic mass is 32.2. The number of carbonyl (C=O) groups is 1. The van der Waals surface area contributed by atoms with E-state index in [0.717, 1.165) is 17.7 Å². The molecule has 0 aliphatic heterocycles. The highest BCUT2D eigenvalue weighted by Crippen LogP contribution is 2.25. The summed E-state index contributed by atoms with van der Waals surface area (Å²) in [6.07, 6.45) is 0. The monoisotopic (exact) mass is 337 g/mol. The molecule has 23 heavy (non-hydrogen) atoms. The van der Waals surface area contributed by atoms with Crippen LogP contribution in [0.3, 0.4) is 0 Å². The van der Waals surface area contributed by atoms with Gasteiger partial charge >= 0.3 is 0 Å². The van der Waals surface area contributed by atoms with Crippen LogP contribution in [0.2, 0.25) is 0 Å². The molecule has 2 aromatic rings. The first-order chi connectivity index (χ1) is 11.0. The van der Waals surface area contributed by atoms with Gasteiger partial charge in [-0.25, -0.2) is 8.78 Å². The smallest absolute Gasteiger partial charge is 0.233 e. The maximum atomic E-state index is 13.2. The van der Waals surface area contributed by atoms with Crippen LogP contribution >= 0.6 is 11.8 Å². The standard InChI is InChI=1S/C17H17F2NO2S/c1-11(23-13-7-8-14(18)15(19)9-13)17(21)20-10-12-5-3-4-6-16(12)22-2/h3-9,11H,10H2,1-2H3,(H,20,21). The number of amides is 1. The first-order valence-corrected chi connectivity index (χ1v) is 7.90. The second-order valence-corrected chi connectivity index (χ2v) is 6.28. The Bertz CT molecular complexity index is 694. The molecule has 0 saturated carbocycles. The molecule has 0 bridgehead atoms. The zero-order valence-corrected chi connectivity index (χ0v) is 13.6. The van der Waals surface area contributed by atoms with Crippen molar-refractivity contribution in [2.45, 2.75) is 23.6 Å². The molecule has 0 saturated heterocycles. The minimum Gasteiger partial charge on any atom is -0.496 e. The number of ether oxygens (including phenoxy) is 1. The van der Waals surface area contributed by atoms with E-state index in [0.29, 0.717) is 17.2 Å². The van der Waals surface area contributed by atoms with Crippen LogP contribution in [0, 0.1) is 11.6 Å². The molecule has 0 aromatic heterocycles. The number of hydrogen-bond donors (Lipinski definition) is 1. The Balaban J connectivity index is 1.93. The summed E-state index contributed by atoms with van der Waals surface area (Å²) in [6.45, 7) is 2.05. The maximum Gasteiger partial charge on any atom is 0.233 e. The largest absolute Gasteiger partial charge is 0.496 e. The lowest BCUT2D eigenvalue weighted by atomic mass is 10.2. The third-order valence-electron chi connectivity index (χ3n) is 3.22. The predicted molar refractivity (Wildman–Crippen MR) is 86.5 cm³/mol. The second-order valence-electron chi connectivity index (χ2n) is 4.87. The number of thioether (sulfide) groups is 1. The van der Waals surface area contributed by atoms with Crippen molar-refractivity contribution in [3.05, 3.63) is 59.7 Å². The summed E-state index contributed by atoms with van der Waals surface area (Å²) in [6, 6.07) is 11.0. The van der Waals surface area contributed by atoms with Crippen LogP contribution < -0.4 is 10.1 Å². The van der Waals surface area contributed by atoms with Gasteiger partial charge in [0.15, 0.2) is 11.6 Å². The molecular weight excluding hydrogens is 320 g/mol. The molecule has 0 radical (unpaired) electrons. The Morgan fingerprint density at radius 3 is 2.65 bits per heavy atom. The molecule has 1 N–H and O–H groups in total. The van der Waals surface area contributed by atoms with Gasteiger partial charge in [0, 0.05) is 17.0 Å². The van der Waals surface area contributed by atoms with E-state index in [4.69, 9.17) is 4.74 Å². The normalized spacial score (nSPS) is 11.8. The van der Waals surface area contributed by atoms with E-state index in [1.54, 1.807) is 14.0 Å². The van der Waals surface area contributed by atoms with Gasteiger partial charge in [-0.3, -0.25) is 4.79 Å². The lowest BCUT2D eigenvalue weighted by molar-refractivity contribution is -0.120. The van der Waals surface area contributed by atoms with Gasteiger partial charge in [-0.2, -0.15) is 0 Å². The van der Waals surface area contributed by atoms with E-state index in [1.165, 1.54) is 17.8 Å². The average Bonchev–Trinajstić information content (AvgIpc) is 2.56. The molecule has 1 atom stereocenters. The van der Waals surface area contributed by atoms with Gasteiger partial charge in [-0.1, -0.05) is 18.2 Å². The summed E-state index contributed by atoms with van der Waals surface area (Å²) in [5.41, 5.74) is 0.869. The summed E-state index contributed by atoms with van der Waals surface area (Å²) in [7, 11) is 1.57. The van der Waals surface area contributed by atoms with Crippen LogP contribution in [0.1, 0.15) is 12.5 Å². The minimum absolute atomic E-state index is 0.189. The third kappa shape index (κ3) is 4.69. The molecule has 1 unspecified atom stereocenters. The lowest BCUT2D eigenvalue weighted by Crippen LogP contribution is -2.30. The fourth-order valence-electron chi connectivity index (χ4n) is 1.98. The molecule has 0 aliphatic rings. The van der Waals surface area contributed by atoms with Gasteiger partial charge < -0.3 is 10.1 Å². The number of benzene rings is 2. The van der Waals surface area contributed by atoms with Crippen molar-refractivity contribution in [2.24, 2.45) is 0 Å². The second kappa shape index (κ2) is 7.97. The molecule has 6 heteroatoms. The molecule has 0 aliphatic carbocycles. The zero-order valence-electron chi connectivity index (χ0n) is 12.8. The Hall–Kier alpha value is -2.08. The van der Waals surface area contributed by atoms with Crippen LogP contribution in [-0.2, 0) is 11.3 Å². The highest BCUT2D eigenvalue weighted by Gasteiger charge is 2.15. The first kappa shape index (κ1) is 17.3. The van der Waals surface area contributed by atoms with E-state index in [2.05, 4.69) is 5.32 Å². The fraction of sp³-hybridized carbons (Fsp3) is 0.235. The number of carbonyl (C=O) groups excluding carboxylic acids is 1. The van der Waals surface area contributed by atoms with Gasteiger partial charge in [0.1, 0.15) is 5.75 Å². The van der Waals surface area contributed by atoms with Gasteiger partial charge in [0.25, 0.3) is 0 Å². The number of nitrogens with one attached hydrogen (secondary N) is 1. The van der Waals surface area contributed by atoms with Gasteiger partial charge in [0.05, 0.1) is 12.4 Å². The number of rotatable bonds is 6. The molecule has 2 aromatic carbocycles. The summed E-state index contributed by atoms with van der Waals surface area (Å²) in [5, 5.41) is 2.38. The van der Waals surface area contributed by atoms with Crippen molar-refractivity contribution in [3.8, 4) is 5.75 Å². The van der Waals surface area contributed by atoms with Gasteiger partial charge in [-0.05, 0) is 31.2 Å². The summed E-state index contributed by atoms with van der Waals surface area (Å²) < 4.78 is 31.3. The highest BCUT2D eigenvalue weighted by molar-refractivity contribution is 8.00. The van der Waals surface area contributed by atoms with Crippen LogP contribution in [0.4, 0.5) is 8.78 Å². The van der Waals surface area contributed by atoms with E-state index >= 15 is 0 Å². The van der Waals surface area contributed by atoms with Crippen molar-refractivity contribution in [3.63, 3.8) is 0 Å². The third-order valence-corrected chi connectivity index (χ3v) is 4.31. The lowest BCUT2D eigenvalue weighted by Gasteiger charge is -2.13. The molecule has 0 heterocycles. The Labute approximate surface area is 138 Å². The van der Waals surface area contributed by atoms with Gasteiger partial charge in [0.2, 0.25) is 5.91 Å². The van der Waals surface area contributed by atoms with Crippen LogP contribution in [0.5, 0.6) is 5.75 Å². The van der Waals surface area contributed by atoms with Crippen molar-refractivity contribution in [2.75, 3.05) is 7.11 Å². The van der Waals surface area contributed by atoms with Crippen molar-refractivity contribution >= 4 is 17.7 Å². The molecule has 2 rings (SSSR count). The predicted octanol–water partition coefficient (Wildman–Crippen LogP) is 3.77. The van der Waals surface area contributed by atoms with E-state index < -0.39 is 16.9 Å². The summed E-state index contributed by atoms with van der Waals surface area (Å²) in [5.74, 6) is -1.31. The molecule has 0 fully saturated rings. The van der Waals surface area contributed by atoms with Crippen LogP contribution in [-0.4, -0.2) is 18.3 Å². The Kier molecular flexibility index (Phi) is 5.98. The first-order valence-electron chi connectivity index (χ1n) is 7.02.